The van der Waals surface area contributed by atoms with E-state index in [4.69, 9.17) is 22.9 Å². The van der Waals surface area contributed by atoms with Crippen molar-refractivity contribution in [3.05, 3.63) is 0 Å². The molecule has 2 N–H and O–H groups in total. The predicted molar refractivity (Wildman–Crippen MR) is 30.7 cm³/mol. The average molecular weight is 177 g/mol. The van der Waals surface area contributed by atoms with E-state index in [2.05, 4.69) is 10.7 Å². The van der Waals surface area contributed by atoms with Crippen molar-refractivity contribution in [1.82, 2.24) is 0 Å². The molecule has 0 bridgehead atoms. The van der Waals surface area contributed by atoms with E-state index in [9.17, 15) is 0 Å². The van der Waals surface area contributed by atoms with Gasteiger partial charge in [-0.1, -0.05) is 0 Å². The summed E-state index contributed by atoms with van der Waals surface area (Å²) in [5, 5.41) is 7.42. The summed E-state index contributed by atoms with van der Waals surface area (Å²) in [5.74, 6) is -0.833. The van der Waals surface area contributed by atoms with E-state index in [0.717, 1.165) is 6.92 Å². The van der Waals surface area contributed by atoms with E-state index in [1.165, 1.54) is 0 Å². The van der Waals surface area contributed by atoms with Gasteiger partial charge in [-0.15, -0.1) is 0 Å². The van der Waals surface area contributed by atoms with Crippen LogP contribution < -0.4 is 0 Å². The maximum atomic E-state index is 9.00. The van der Waals surface area contributed by atoms with Crippen molar-refractivity contribution in [3.63, 3.8) is 0 Å². The Morgan fingerprint density at radius 3 is 1.56 bits per heavy atom. The van der Waals surface area contributed by atoms with Crippen LogP contribution in [0, 0.1) is 0 Å². The number of carbonyl (C=O) groups is 1. The van der Waals surface area contributed by atoms with Crippen LogP contribution in [0.25, 0.3) is 0 Å². The second-order valence-corrected chi connectivity index (χ2v) is 2.93. The number of hydrogen-bond acceptors (Lipinski definition) is 3. The van der Waals surface area contributed by atoms with Gasteiger partial charge in [0.25, 0.3) is 5.97 Å². The van der Waals surface area contributed by atoms with Gasteiger partial charge in [-0.25, -0.2) is 0 Å². The molecule has 0 saturated carbocycles. The highest BCUT2D eigenvalue weighted by molar-refractivity contribution is 8.09. The van der Waals surface area contributed by atoms with Crippen molar-refractivity contribution in [2.24, 2.45) is 0 Å². The summed E-state index contributed by atoms with van der Waals surface area (Å²) in [4.78, 5) is 9.00. The van der Waals surface area contributed by atoms with E-state index < -0.39 is 15.3 Å². The molecule has 56 valence electrons. The number of halogens is 1. The van der Waals surface area contributed by atoms with Gasteiger partial charge in [-0.3, -0.25) is 9.35 Å². The summed E-state index contributed by atoms with van der Waals surface area (Å²) in [7, 11) is -0.137. The Morgan fingerprint density at radius 1 is 1.56 bits per heavy atom. The molecule has 0 aromatic heterocycles. The Bertz CT molecular complexity index is 157. The van der Waals surface area contributed by atoms with Crippen LogP contribution >= 0.6 is 10.7 Å². The molecule has 0 heterocycles. The second kappa shape index (κ2) is 4.54. The van der Waals surface area contributed by atoms with Gasteiger partial charge in [0.05, 0.1) is 0 Å². The fraction of sp³-hybridized carbons (Fsp3) is 0.500. The molecule has 0 fully saturated rings. The monoisotopic (exact) mass is 176 g/mol. The molecule has 5 nitrogen and oxygen atoms in total. The molecule has 9 heavy (non-hydrogen) atoms. The number of aliphatic carboxylic acids is 1. The van der Waals surface area contributed by atoms with Gasteiger partial charge in [0.2, 0.25) is 0 Å². The van der Waals surface area contributed by atoms with Gasteiger partial charge >= 0.3 is 9.33 Å². The first-order chi connectivity index (χ1) is 3.73. The molecular weight excluding hydrogens is 172 g/mol. The summed E-state index contributed by atoms with van der Waals surface area (Å²) in [6.07, 6.45) is 0. The summed E-state index contributed by atoms with van der Waals surface area (Å²) in [6, 6.07) is 0. The van der Waals surface area contributed by atoms with Crippen LogP contribution in [-0.4, -0.2) is 24.0 Å². The molecule has 0 aliphatic rings. The first-order valence-electron chi connectivity index (χ1n) is 1.60. The maximum absolute atomic E-state index is 9.00. The minimum Gasteiger partial charge on any atom is -0.481 e. The largest absolute Gasteiger partial charge is 0.481 e. The third kappa shape index (κ3) is 2260. The number of rotatable bonds is 0. The molecule has 0 rings (SSSR count). The zero-order valence-electron chi connectivity index (χ0n) is 4.41. The van der Waals surface area contributed by atoms with Crippen LogP contribution in [0.2, 0.25) is 0 Å². The average Bonchev–Trinajstić information content (AvgIpc) is 1.19. The Balaban J connectivity index is 0. The standard InChI is InChI=1S/C2H4O2.ClHO3S/c1-2(3)4;1-5(2,3)4/h1H3,(H,3,4);(H,2,3,4). The molecule has 0 aliphatic carbocycles. The van der Waals surface area contributed by atoms with Gasteiger partial charge in [0.1, 0.15) is 0 Å². The SMILES string of the molecule is CC(=O)O.O=S(=O)(O)Cl. The smallest absolute Gasteiger partial charge is 0.353 e. The molecule has 7 heteroatoms. The molecule has 0 aromatic carbocycles. The van der Waals surface area contributed by atoms with Crippen LogP contribution in [0.15, 0.2) is 0 Å². The molecule has 0 atom stereocenters. The zero-order valence-corrected chi connectivity index (χ0v) is 5.98. The van der Waals surface area contributed by atoms with Gasteiger partial charge < -0.3 is 5.11 Å². The number of carboxylic acid groups (broad SMARTS) is 1. The van der Waals surface area contributed by atoms with Gasteiger partial charge in [0, 0.05) is 17.6 Å². The molecule has 0 aromatic rings. The molecule has 0 saturated heterocycles. The fourth-order valence-electron chi connectivity index (χ4n) is 0. The van der Waals surface area contributed by atoms with Gasteiger partial charge in [0.15, 0.2) is 0 Å². The third-order valence-electron chi connectivity index (χ3n) is 0. The summed E-state index contributed by atoms with van der Waals surface area (Å²) < 4.78 is 25.2. The lowest BCUT2D eigenvalue weighted by molar-refractivity contribution is -0.134. The van der Waals surface area contributed by atoms with Crippen LogP contribution in [0.3, 0.4) is 0 Å². The van der Waals surface area contributed by atoms with Crippen molar-refractivity contribution in [2.45, 2.75) is 6.92 Å². The van der Waals surface area contributed by atoms with Crippen LogP contribution in [0.1, 0.15) is 6.92 Å². The zero-order chi connectivity index (χ0) is 8.08. The van der Waals surface area contributed by atoms with Gasteiger partial charge in [-0.2, -0.15) is 8.42 Å². The van der Waals surface area contributed by atoms with Gasteiger partial charge in [-0.05, 0) is 0 Å². The molecule has 0 amide bonds. The Hall–Kier alpha value is -0.330. The highest BCUT2D eigenvalue weighted by Crippen LogP contribution is 1.82. The molecule has 0 aliphatic heterocycles. The number of hydrogen-bond donors (Lipinski definition) is 2. The molecule has 0 unspecified atom stereocenters. The maximum Gasteiger partial charge on any atom is 0.353 e. The second-order valence-electron chi connectivity index (χ2n) is 0.931. The molecule has 0 radical (unpaired) electrons. The lowest BCUT2D eigenvalue weighted by atomic mass is 10.9. The minimum absolute atomic E-state index is 0.833. The lowest BCUT2D eigenvalue weighted by Crippen LogP contribution is -1.78. The fourth-order valence-corrected chi connectivity index (χ4v) is 0. The van der Waals surface area contributed by atoms with E-state index in [1.807, 2.05) is 0 Å². The Labute approximate surface area is 56.5 Å². The summed E-state index contributed by atoms with van der Waals surface area (Å²) >= 11 is 0. The van der Waals surface area contributed by atoms with Crippen LogP contribution in [0.4, 0.5) is 0 Å². The third-order valence-corrected chi connectivity index (χ3v) is 0. The summed E-state index contributed by atoms with van der Waals surface area (Å²) in [5.41, 5.74) is 0. The van der Waals surface area contributed by atoms with Crippen molar-refractivity contribution >= 4 is 26.0 Å². The van der Waals surface area contributed by atoms with Crippen LogP contribution in [0.5, 0.6) is 0 Å². The lowest BCUT2D eigenvalue weighted by Gasteiger charge is -1.65. The van der Waals surface area contributed by atoms with E-state index in [0.29, 0.717) is 0 Å². The Morgan fingerprint density at radius 2 is 1.56 bits per heavy atom. The first kappa shape index (κ1) is 11.5. The quantitative estimate of drug-likeness (QED) is 0.404. The highest BCUT2D eigenvalue weighted by Gasteiger charge is 1.86. The van der Waals surface area contributed by atoms with Crippen molar-refractivity contribution in [3.8, 4) is 0 Å². The normalized spacial score (nSPS) is 9.22. The predicted octanol–water partition coefficient (Wildman–Crippen LogP) is 0.119. The minimum atomic E-state index is -4.19. The topological polar surface area (TPSA) is 91.7 Å². The molecule has 0 spiro atoms. The van der Waals surface area contributed by atoms with E-state index in [-0.39, 0.29) is 0 Å². The highest BCUT2D eigenvalue weighted by atomic mass is 35.7. The van der Waals surface area contributed by atoms with E-state index >= 15 is 0 Å². The van der Waals surface area contributed by atoms with Crippen LogP contribution in [-0.2, 0) is 14.1 Å². The van der Waals surface area contributed by atoms with Crippen molar-refractivity contribution < 1.29 is 22.9 Å². The summed E-state index contributed by atoms with van der Waals surface area (Å²) in [6.45, 7) is 1.08. The number of carboxylic acids is 1. The molecular formula is C2H5ClO5S. The van der Waals surface area contributed by atoms with Crippen molar-refractivity contribution in [2.75, 3.05) is 0 Å². The van der Waals surface area contributed by atoms with Crippen molar-refractivity contribution in [1.29, 1.82) is 0 Å². The first-order valence-corrected chi connectivity index (χ1v) is 3.86. The van der Waals surface area contributed by atoms with E-state index in [1.54, 1.807) is 0 Å². The Kier molecular flexibility index (Phi) is 5.78.